The Hall–Kier alpha value is -3.09. The molecule has 136 valence electrons. The van der Waals surface area contributed by atoms with Crippen LogP contribution in [0.15, 0.2) is 42.5 Å². The predicted molar refractivity (Wildman–Crippen MR) is 95.5 cm³/mol. The third-order valence-electron chi connectivity index (χ3n) is 4.32. The number of nitrogens with one attached hydrogen (secondary N) is 2. The van der Waals surface area contributed by atoms with Crippen LogP contribution < -0.4 is 15.5 Å². The first-order valence-corrected chi connectivity index (χ1v) is 8.36. The van der Waals surface area contributed by atoms with Crippen molar-refractivity contribution in [3.8, 4) is 5.75 Å². The molecule has 1 fully saturated rings. The molecule has 0 radical (unpaired) electrons. The standard InChI is InChI=1S/C19H20FN3O3/c1-12(14-4-7-17(24)16(20)11-14)22-18(25)10-13-2-5-15(6-3-13)23-9-8-21-19(23)26/h2-7,11-12,24H,8-10H2,1H3,(H,21,26)(H,22,25). The maximum atomic E-state index is 13.4. The van der Waals surface area contributed by atoms with Crippen molar-refractivity contribution in [2.24, 2.45) is 0 Å². The minimum atomic E-state index is -0.717. The SMILES string of the molecule is CC(NC(=O)Cc1ccc(N2CCNC2=O)cc1)c1ccc(O)c(F)c1. The molecule has 0 saturated carbocycles. The van der Waals surface area contributed by atoms with Gasteiger partial charge in [0.1, 0.15) is 0 Å². The number of halogens is 1. The Bertz CT molecular complexity index is 823. The summed E-state index contributed by atoms with van der Waals surface area (Å²) in [6.07, 6.45) is 0.178. The zero-order valence-electron chi connectivity index (χ0n) is 14.3. The summed E-state index contributed by atoms with van der Waals surface area (Å²) in [4.78, 5) is 25.5. The van der Waals surface area contributed by atoms with Gasteiger partial charge in [-0.3, -0.25) is 9.69 Å². The molecule has 7 heteroatoms. The van der Waals surface area contributed by atoms with E-state index in [4.69, 9.17) is 0 Å². The Kier molecular flexibility index (Phi) is 5.06. The third kappa shape index (κ3) is 3.93. The van der Waals surface area contributed by atoms with Crippen molar-refractivity contribution in [2.75, 3.05) is 18.0 Å². The molecule has 3 amide bonds. The van der Waals surface area contributed by atoms with Crippen LogP contribution in [0.5, 0.6) is 5.75 Å². The number of rotatable bonds is 5. The highest BCUT2D eigenvalue weighted by Crippen LogP contribution is 2.21. The van der Waals surface area contributed by atoms with E-state index >= 15 is 0 Å². The quantitative estimate of drug-likeness (QED) is 0.769. The third-order valence-corrected chi connectivity index (χ3v) is 4.32. The van der Waals surface area contributed by atoms with Crippen molar-refractivity contribution in [2.45, 2.75) is 19.4 Å². The van der Waals surface area contributed by atoms with Crippen molar-refractivity contribution in [3.05, 3.63) is 59.4 Å². The van der Waals surface area contributed by atoms with Crippen molar-refractivity contribution >= 4 is 17.6 Å². The first-order valence-electron chi connectivity index (χ1n) is 8.36. The Labute approximate surface area is 150 Å². The largest absolute Gasteiger partial charge is 0.505 e. The first-order chi connectivity index (χ1) is 12.4. The average Bonchev–Trinajstić information content (AvgIpc) is 3.04. The minimum absolute atomic E-state index is 0.120. The summed E-state index contributed by atoms with van der Waals surface area (Å²) in [6, 6.07) is 10.8. The molecule has 0 aliphatic carbocycles. The lowest BCUT2D eigenvalue weighted by Crippen LogP contribution is -2.28. The van der Waals surface area contributed by atoms with Gasteiger partial charge in [0.05, 0.1) is 12.5 Å². The van der Waals surface area contributed by atoms with Gasteiger partial charge in [-0.25, -0.2) is 9.18 Å². The summed E-state index contributed by atoms with van der Waals surface area (Å²) in [5.74, 6) is -1.33. The van der Waals surface area contributed by atoms with Crippen LogP contribution in [-0.2, 0) is 11.2 Å². The number of aromatic hydroxyl groups is 1. The second-order valence-electron chi connectivity index (χ2n) is 6.23. The lowest BCUT2D eigenvalue weighted by atomic mass is 10.1. The van der Waals surface area contributed by atoms with Crippen molar-refractivity contribution < 1.29 is 19.1 Å². The van der Waals surface area contributed by atoms with Crippen LogP contribution in [0.2, 0.25) is 0 Å². The van der Waals surface area contributed by atoms with Gasteiger partial charge < -0.3 is 15.7 Å². The normalized spacial score (nSPS) is 14.8. The van der Waals surface area contributed by atoms with E-state index < -0.39 is 11.6 Å². The van der Waals surface area contributed by atoms with Gasteiger partial charge in [-0.15, -0.1) is 0 Å². The van der Waals surface area contributed by atoms with Crippen molar-refractivity contribution in [1.29, 1.82) is 0 Å². The number of phenols is 1. The number of anilines is 1. The molecule has 2 aromatic carbocycles. The number of urea groups is 1. The second-order valence-corrected chi connectivity index (χ2v) is 6.23. The van der Waals surface area contributed by atoms with Gasteiger partial charge in [0.2, 0.25) is 5.91 Å². The maximum absolute atomic E-state index is 13.4. The molecule has 2 aromatic rings. The zero-order chi connectivity index (χ0) is 18.7. The summed E-state index contributed by atoms with van der Waals surface area (Å²) in [5.41, 5.74) is 2.18. The number of carbonyl (C=O) groups is 2. The fraction of sp³-hybridized carbons (Fsp3) is 0.263. The first kappa shape index (κ1) is 17.7. The van der Waals surface area contributed by atoms with E-state index in [1.807, 2.05) is 24.3 Å². The smallest absolute Gasteiger partial charge is 0.321 e. The molecule has 1 unspecified atom stereocenters. The minimum Gasteiger partial charge on any atom is -0.505 e. The van der Waals surface area contributed by atoms with Gasteiger partial charge in [-0.05, 0) is 42.3 Å². The molecule has 1 aliphatic rings. The second kappa shape index (κ2) is 7.43. The number of phenolic OH excluding ortho intramolecular Hbond substituents is 1. The number of nitrogens with zero attached hydrogens (tertiary/aromatic N) is 1. The predicted octanol–water partition coefficient (Wildman–Crippen LogP) is 2.48. The summed E-state index contributed by atoms with van der Waals surface area (Å²) < 4.78 is 13.4. The van der Waals surface area contributed by atoms with Crippen molar-refractivity contribution in [3.63, 3.8) is 0 Å². The number of carbonyl (C=O) groups excluding carboxylic acids is 2. The van der Waals surface area contributed by atoms with E-state index in [0.29, 0.717) is 18.7 Å². The zero-order valence-corrected chi connectivity index (χ0v) is 14.3. The van der Waals surface area contributed by atoms with E-state index in [1.165, 1.54) is 12.1 Å². The lowest BCUT2D eigenvalue weighted by Gasteiger charge is -2.16. The number of benzene rings is 2. The summed E-state index contributed by atoms with van der Waals surface area (Å²) >= 11 is 0. The molecule has 3 N–H and O–H groups in total. The molecule has 1 saturated heterocycles. The molecule has 1 heterocycles. The average molecular weight is 357 g/mol. The van der Waals surface area contributed by atoms with Gasteiger partial charge in [-0.1, -0.05) is 18.2 Å². The highest BCUT2D eigenvalue weighted by atomic mass is 19.1. The molecule has 3 rings (SSSR count). The molecule has 0 aromatic heterocycles. The van der Waals surface area contributed by atoms with E-state index in [0.717, 1.165) is 11.3 Å². The molecular formula is C19H20FN3O3. The molecule has 0 spiro atoms. The van der Waals surface area contributed by atoms with Crippen LogP contribution in [-0.4, -0.2) is 30.1 Å². The summed E-state index contributed by atoms with van der Waals surface area (Å²) in [6.45, 7) is 3.00. The highest BCUT2D eigenvalue weighted by molar-refractivity contribution is 5.94. The van der Waals surface area contributed by atoms with Crippen LogP contribution in [0.25, 0.3) is 0 Å². The lowest BCUT2D eigenvalue weighted by molar-refractivity contribution is -0.121. The van der Waals surface area contributed by atoms with Crippen molar-refractivity contribution in [1.82, 2.24) is 10.6 Å². The van der Waals surface area contributed by atoms with Gasteiger partial charge in [-0.2, -0.15) is 0 Å². The van der Waals surface area contributed by atoms with Crippen LogP contribution >= 0.6 is 0 Å². The van der Waals surface area contributed by atoms with E-state index in [9.17, 15) is 19.1 Å². The Morgan fingerprint density at radius 3 is 2.65 bits per heavy atom. The van der Waals surface area contributed by atoms with E-state index in [1.54, 1.807) is 17.9 Å². The van der Waals surface area contributed by atoms with Gasteiger partial charge in [0.25, 0.3) is 0 Å². The van der Waals surface area contributed by atoms with Gasteiger partial charge >= 0.3 is 6.03 Å². The summed E-state index contributed by atoms with van der Waals surface area (Å²) in [7, 11) is 0. The molecule has 0 bridgehead atoms. The fourth-order valence-corrected chi connectivity index (χ4v) is 2.87. The molecule has 1 atom stereocenters. The molecule has 1 aliphatic heterocycles. The van der Waals surface area contributed by atoms with Crippen LogP contribution in [0.3, 0.4) is 0 Å². The van der Waals surface area contributed by atoms with Gasteiger partial charge in [0, 0.05) is 18.8 Å². The Morgan fingerprint density at radius 1 is 1.31 bits per heavy atom. The molecular weight excluding hydrogens is 337 g/mol. The van der Waals surface area contributed by atoms with Gasteiger partial charge in [0.15, 0.2) is 11.6 Å². The number of hydrogen-bond acceptors (Lipinski definition) is 3. The molecule has 26 heavy (non-hydrogen) atoms. The monoisotopic (exact) mass is 357 g/mol. The maximum Gasteiger partial charge on any atom is 0.321 e. The molecule has 6 nitrogen and oxygen atoms in total. The van der Waals surface area contributed by atoms with Crippen LogP contribution in [0.4, 0.5) is 14.9 Å². The Balaban J connectivity index is 1.59. The summed E-state index contributed by atoms with van der Waals surface area (Å²) in [5, 5.41) is 14.8. The fourth-order valence-electron chi connectivity index (χ4n) is 2.87. The Morgan fingerprint density at radius 2 is 2.04 bits per heavy atom. The number of amides is 3. The van der Waals surface area contributed by atoms with E-state index in [2.05, 4.69) is 10.6 Å². The number of hydrogen-bond donors (Lipinski definition) is 3. The van der Waals surface area contributed by atoms with E-state index in [-0.39, 0.29) is 24.4 Å². The van der Waals surface area contributed by atoms with Crippen LogP contribution in [0, 0.1) is 5.82 Å². The highest BCUT2D eigenvalue weighted by Gasteiger charge is 2.21. The van der Waals surface area contributed by atoms with Crippen LogP contribution in [0.1, 0.15) is 24.1 Å². The topological polar surface area (TPSA) is 81.7 Å².